The van der Waals surface area contributed by atoms with Gasteiger partial charge in [-0.3, -0.25) is 4.79 Å². The Morgan fingerprint density at radius 1 is 1.28 bits per heavy atom. The van der Waals surface area contributed by atoms with Crippen LogP contribution in [0.1, 0.15) is 46.0 Å². The highest BCUT2D eigenvalue weighted by Gasteiger charge is 2.54. The summed E-state index contributed by atoms with van der Waals surface area (Å²) < 4.78 is 5.75. The van der Waals surface area contributed by atoms with Crippen LogP contribution in [-0.4, -0.2) is 23.3 Å². The lowest BCUT2D eigenvalue weighted by atomic mass is 9.53. The smallest absolute Gasteiger partial charge is 0.308 e. The average molecular weight is 252 g/mol. The molecule has 0 radical (unpaired) electrons. The first-order chi connectivity index (χ1) is 8.60. The quantitative estimate of drug-likeness (QED) is 0.784. The Hall–Kier alpha value is -0.570. The summed E-state index contributed by atoms with van der Waals surface area (Å²) in [4.78, 5) is 12.0. The van der Waals surface area contributed by atoms with Gasteiger partial charge in [0.1, 0.15) is 6.10 Å². The molecule has 7 unspecified atom stereocenters. The highest BCUT2D eigenvalue weighted by atomic mass is 16.5. The molecular weight excluding hydrogens is 228 g/mol. The van der Waals surface area contributed by atoms with E-state index in [-0.39, 0.29) is 30.0 Å². The predicted octanol–water partition coefficient (Wildman–Crippen LogP) is 2.37. The molecule has 7 atom stereocenters. The van der Waals surface area contributed by atoms with Crippen LogP contribution in [-0.2, 0) is 9.53 Å². The molecule has 0 aliphatic heterocycles. The summed E-state index contributed by atoms with van der Waals surface area (Å²) in [5.41, 5.74) is 0. The summed E-state index contributed by atoms with van der Waals surface area (Å²) in [5, 5.41) is 10.3. The maximum absolute atomic E-state index is 12.0. The van der Waals surface area contributed by atoms with Gasteiger partial charge in [0, 0.05) is 5.92 Å². The Bertz CT molecular complexity index is 341. The number of carbonyl (C=O) groups is 1. The lowest BCUT2D eigenvalue weighted by molar-refractivity contribution is -0.195. The molecule has 4 saturated carbocycles. The first-order valence-corrected chi connectivity index (χ1v) is 7.48. The van der Waals surface area contributed by atoms with Gasteiger partial charge in [0.15, 0.2) is 0 Å². The van der Waals surface area contributed by atoms with Gasteiger partial charge in [0.2, 0.25) is 0 Å². The van der Waals surface area contributed by atoms with Gasteiger partial charge in [-0.25, -0.2) is 0 Å². The van der Waals surface area contributed by atoms with Crippen LogP contribution in [0.2, 0.25) is 0 Å². The van der Waals surface area contributed by atoms with Crippen molar-refractivity contribution in [2.75, 3.05) is 0 Å². The van der Waals surface area contributed by atoms with Gasteiger partial charge in [-0.05, 0) is 49.9 Å². The summed E-state index contributed by atoms with van der Waals surface area (Å²) in [5.74, 6) is 1.91. The minimum Gasteiger partial charge on any atom is -0.461 e. The highest BCUT2D eigenvalue weighted by molar-refractivity contribution is 5.72. The van der Waals surface area contributed by atoms with E-state index in [4.69, 9.17) is 4.74 Å². The fourth-order valence-corrected chi connectivity index (χ4v) is 4.43. The zero-order valence-corrected chi connectivity index (χ0v) is 11.3. The molecule has 0 heterocycles. The van der Waals surface area contributed by atoms with Crippen LogP contribution in [0, 0.1) is 29.6 Å². The molecule has 0 aromatic rings. The van der Waals surface area contributed by atoms with Crippen molar-refractivity contribution >= 4 is 5.97 Å². The van der Waals surface area contributed by atoms with E-state index in [0.29, 0.717) is 11.8 Å². The molecule has 0 aromatic carbocycles. The molecule has 4 fully saturated rings. The standard InChI is InChI=1S/C15H24O3/c1-3-8(2)15(17)18-14-11-5-9-4-10(7-11)13(16)12(14)6-9/h8-14,16H,3-7H2,1-2H3. The molecule has 4 bridgehead atoms. The maximum Gasteiger partial charge on any atom is 0.308 e. The average Bonchev–Trinajstić information content (AvgIpc) is 2.37. The van der Waals surface area contributed by atoms with Crippen molar-refractivity contribution in [2.24, 2.45) is 29.6 Å². The Morgan fingerprint density at radius 2 is 2.00 bits per heavy atom. The normalized spacial score (nSPS) is 47.1. The third-order valence-corrected chi connectivity index (χ3v) is 5.56. The molecule has 18 heavy (non-hydrogen) atoms. The molecule has 0 aromatic heterocycles. The molecule has 0 spiro atoms. The molecule has 4 aliphatic rings. The van der Waals surface area contributed by atoms with Crippen LogP contribution in [0.15, 0.2) is 0 Å². The van der Waals surface area contributed by atoms with Gasteiger partial charge in [-0.15, -0.1) is 0 Å². The van der Waals surface area contributed by atoms with E-state index >= 15 is 0 Å². The molecule has 3 heteroatoms. The van der Waals surface area contributed by atoms with E-state index < -0.39 is 0 Å². The first kappa shape index (κ1) is 12.5. The minimum atomic E-state index is -0.229. The van der Waals surface area contributed by atoms with Gasteiger partial charge >= 0.3 is 5.97 Å². The molecule has 1 N–H and O–H groups in total. The van der Waals surface area contributed by atoms with Crippen molar-refractivity contribution in [3.05, 3.63) is 0 Å². The number of rotatable bonds is 3. The maximum atomic E-state index is 12.0. The SMILES string of the molecule is CCC(C)C(=O)OC1C2CC3CC(C2)C(O)C1C3. The number of aliphatic hydroxyl groups excluding tert-OH is 1. The van der Waals surface area contributed by atoms with Crippen LogP contribution in [0.5, 0.6) is 0 Å². The molecule has 0 saturated heterocycles. The number of ether oxygens (including phenoxy) is 1. The van der Waals surface area contributed by atoms with Crippen LogP contribution < -0.4 is 0 Å². The third-order valence-electron chi connectivity index (χ3n) is 5.56. The lowest BCUT2D eigenvalue weighted by Crippen LogP contribution is -2.57. The Kier molecular flexibility index (Phi) is 3.13. The molecule has 102 valence electrons. The van der Waals surface area contributed by atoms with Crippen LogP contribution in [0.3, 0.4) is 0 Å². The monoisotopic (exact) mass is 252 g/mol. The van der Waals surface area contributed by atoms with E-state index in [1.165, 1.54) is 12.8 Å². The van der Waals surface area contributed by atoms with E-state index in [1.807, 2.05) is 13.8 Å². The highest BCUT2D eigenvalue weighted by Crippen LogP contribution is 2.54. The second-order valence-electron chi connectivity index (χ2n) is 6.69. The van der Waals surface area contributed by atoms with Crippen molar-refractivity contribution in [3.8, 4) is 0 Å². The van der Waals surface area contributed by atoms with Crippen molar-refractivity contribution in [1.82, 2.24) is 0 Å². The summed E-state index contributed by atoms with van der Waals surface area (Å²) >= 11 is 0. The summed E-state index contributed by atoms with van der Waals surface area (Å²) in [6.45, 7) is 3.94. The fourth-order valence-electron chi connectivity index (χ4n) is 4.43. The van der Waals surface area contributed by atoms with E-state index in [0.717, 1.165) is 25.2 Å². The van der Waals surface area contributed by atoms with Crippen molar-refractivity contribution in [3.63, 3.8) is 0 Å². The molecule has 3 nitrogen and oxygen atoms in total. The van der Waals surface area contributed by atoms with Crippen LogP contribution in [0.25, 0.3) is 0 Å². The number of hydrogen-bond donors (Lipinski definition) is 1. The molecule has 4 rings (SSSR count). The van der Waals surface area contributed by atoms with Gasteiger partial charge in [-0.2, -0.15) is 0 Å². The number of aliphatic hydroxyl groups is 1. The summed E-state index contributed by atoms with van der Waals surface area (Å²) in [6, 6.07) is 0. The Morgan fingerprint density at radius 3 is 2.72 bits per heavy atom. The zero-order valence-electron chi connectivity index (χ0n) is 11.3. The van der Waals surface area contributed by atoms with E-state index in [1.54, 1.807) is 0 Å². The Labute approximate surface area is 109 Å². The van der Waals surface area contributed by atoms with Crippen molar-refractivity contribution < 1.29 is 14.6 Å². The van der Waals surface area contributed by atoms with Crippen molar-refractivity contribution in [1.29, 1.82) is 0 Å². The number of esters is 1. The van der Waals surface area contributed by atoms with E-state index in [9.17, 15) is 9.90 Å². The van der Waals surface area contributed by atoms with Gasteiger partial charge in [-0.1, -0.05) is 13.8 Å². The predicted molar refractivity (Wildman–Crippen MR) is 67.8 cm³/mol. The molecule has 0 amide bonds. The lowest BCUT2D eigenvalue weighted by Gasteiger charge is -2.56. The second-order valence-corrected chi connectivity index (χ2v) is 6.69. The van der Waals surface area contributed by atoms with Crippen LogP contribution >= 0.6 is 0 Å². The first-order valence-electron chi connectivity index (χ1n) is 7.48. The van der Waals surface area contributed by atoms with Gasteiger partial charge < -0.3 is 9.84 Å². The molecular formula is C15H24O3. The Balaban J connectivity index is 1.71. The minimum absolute atomic E-state index is 0.00528. The second kappa shape index (κ2) is 4.52. The molecule has 4 aliphatic carbocycles. The fraction of sp³-hybridized carbons (Fsp3) is 0.933. The van der Waals surface area contributed by atoms with Crippen LogP contribution in [0.4, 0.5) is 0 Å². The summed E-state index contributed by atoms with van der Waals surface area (Å²) in [7, 11) is 0. The third kappa shape index (κ3) is 1.87. The number of hydrogen-bond acceptors (Lipinski definition) is 3. The van der Waals surface area contributed by atoms with Gasteiger partial charge in [0.25, 0.3) is 0 Å². The number of carbonyl (C=O) groups excluding carboxylic acids is 1. The largest absolute Gasteiger partial charge is 0.461 e. The van der Waals surface area contributed by atoms with Gasteiger partial charge in [0.05, 0.1) is 12.0 Å². The summed E-state index contributed by atoms with van der Waals surface area (Å²) in [6.07, 6.45) is 5.12. The van der Waals surface area contributed by atoms with Crippen molar-refractivity contribution in [2.45, 2.75) is 58.2 Å². The zero-order chi connectivity index (χ0) is 12.9. The topological polar surface area (TPSA) is 46.5 Å². The van der Waals surface area contributed by atoms with E-state index in [2.05, 4.69) is 0 Å².